The molecule has 0 aliphatic rings. The fourth-order valence-electron chi connectivity index (χ4n) is 2.03. The topological polar surface area (TPSA) is 102 Å². The van der Waals surface area contributed by atoms with Crippen LogP contribution in [0.15, 0.2) is 29.4 Å². The first kappa shape index (κ1) is 18.9. The lowest BCUT2D eigenvalue weighted by molar-refractivity contribution is -0.117. The first-order chi connectivity index (χ1) is 12.0. The van der Waals surface area contributed by atoms with E-state index >= 15 is 0 Å². The van der Waals surface area contributed by atoms with Gasteiger partial charge in [0.25, 0.3) is 0 Å². The number of hydrogen-bond acceptors (Lipinski definition) is 6. The number of thioether (sulfide) groups is 1. The van der Waals surface area contributed by atoms with E-state index in [1.165, 1.54) is 11.8 Å². The van der Waals surface area contributed by atoms with Gasteiger partial charge in [0.05, 0.1) is 11.4 Å². The van der Waals surface area contributed by atoms with Gasteiger partial charge in [-0.3, -0.25) is 10.1 Å². The van der Waals surface area contributed by atoms with Gasteiger partial charge in [0.1, 0.15) is 0 Å². The molecule has 0 bridgehead atoms. The number of nitrogens with zero attached hydrogens (tertiary/aromatic N) is 4. The second-order valence-corrected chi connectivity index (χ2v) is 6.88. The Bertz CT molecular complexity index is 731. The van der Waals surface area contributed by atoms with E-state index in [-0.39, 0.29) is 5.75 Å². The molecule has 25 heavy (non-hydrogen) atoms. The van der Waals surface area contributed by atoms with E-state index < -0.39 is 11.9 Å². The Labute approximate surface area is 150 Å². The van der Waals surface area contributed by atoms with Crippen molar-refractivity contribution in [1.82, 2.24) is 30.8 Å². The number of tetrazole rings is 1. The molecule has 1 heterocycles. The smallest absolute Gasteiger partial charge is 0.321 e. The molecular formula is C16H22N6O2S. The molecule has 0 aliphatic carbocycles. The van der Waals surface area contributed by atoms with Gasteiger partial charge in [-0.1, -0.05) is 43.8 Å². The van der Waals surface area contributed by atoms with E-state index in [4.69, 9.17) is 0 Å². The van der Waals surface area contributed by atoms with Crippen molar-refractivity contribution in [2.75, 3.05) is 12.3 Å². The van der Waals surface area contributed by atoms with Crippen LogP contribution in [0.3, 0.4) is 0 Å². The number of imide groups is 1. The Morgan fingerprint density at radius 1 is 1.28 bits per heavy atom. The minimum absolute atomic E-state index is 0.0455. The maximum Gasteiger partial charge on any atom is 0.321 e. The molecule has 2 N–H and O–H groups in total. The highest BCUT2D eigenvalue weighted by atomic mass is 32.2. The van der Waals surface area contributed by atoms with Crippen molar-refractivity contribution in [3.8, 4) is 5.69 Å². The van der Waals surface area contributed by atoms with Crippen LogP contribution in [-0.2, 0) is 4.79 Å². The molecule has 0 fully saturated rings. The molecule has 0 atom stereocenters. The van der Waals surface area contributed by atoms with Crippen molar-refractivity contribution in [3.63, 3.8) is 0 Å². The summed E-state index contributed by atoms with van der Waals surface area (Å²) in [5, 5.41) is 17.0. The van der Waals surface area contributed by atoms with Gasteiger partial charge in [-0.15, -0.1) is 5.10 Å². The zero-order chi connectivity index (χ0) is 18.2. The second kappa shape index (κ2) is 9.16. The van der Waals surface area contributed by atoms with Crippen LogP contribution in [0.1, 0.15) is 25.8 Å². The zero-order valence-electron chi connectivity index (χ0n) is 14.5. The van der Waals surface area contributed by atoms with Crippen LogP contribution in [0.25, 0.3) is 5.69 Å². The second-order valence-electron chi connectivity index (χ2n) is 5.94. The Balaban J connectivity index is 1.86. The highest BCUT2D eigenvalue weighted by molar-refractivity contribution is 7.99. The lowest BCUT2D eigenvalue weighted by Gasteiger charge is -2.08. The molecule has 1 aromatic heterocycles. The van der Waals surface area contributed by atoms with Gasteiger partial charge in [-0.25, -0.2) is 4.79 Å². The number of carbonyl (C=O) groups is 2. The standard InChI is InChI=1S/C16H22N6O2S/c1-11(2)8-9-17-15(24)18-14(23)10-25-16-19-20-21-22(16)13-7-5-4-6-12(13)3/h4-7,11H,8-10H2,1-3H3,(H2,17,18,23,24). The van der Waals surface area contributed by atoms with Crippen molar-refractivity contribution in [1.29, 1.82) is 0 Å². The highest BCUT2D eigenvalue weighted by Crippen LogP contribution is 2.20. The first-order valence-corrected chi connectivity index (χ1v) is 9.00. The molecule has 3 amide bonds. The summed E-state index contributed by atoms with van der Waals surface area (Å²) in [6.45, 7) is 6.63. The number of para-hydroxylation sites is 1. The fourth-order valence-corrected chi connectivity index (χ4v) is 2.72. The third kappa shape index (κ3) is 5.86. The van der Waals surface area contributed by atoms with Crippen LogP contribution < -0.4 is 10.6 Å². The lowest BCUT2D eigenvalue weighted by Crippen LogP contribution is -2.40. The molecule has 0 spiro atoms. The number of aromatic nitrogens is 4. The number of urea groups is 1. The van der Waals surface area contributed by atoms with E-state index in [0.29, 0.717) is 17.6 Å². The normalized spacial score (nSPS) is 10.7. The Hall–Kier alpha value is -2.42. The van der Waals surface area contributed by atoms with E-state index in [1.807, 2.05) is 31.2 Å². The summed E-state index contributed by atoms with van der Waals surface area (Å²) in [5.41, 5.74) is 1.87. The summed E-state index contributed by atoms with van der Waals surface area (Å²) in [5.74, 6) is 0.141. The maximum absolute atomic E-state index is 11.9. The maximum atomic E-state index is 11.9. The third-order valence-corrected chi connectivity index (χ3v) is 4.30. The number of aryl methyl sites for hydroxylation is 1. The van der Waals surface area contributed by atoms with Gasteiger partial charge in [-0.05, 0) is 41.3 Å². The average molecular weight is 362 g/mol. The number of rotatable bonds is 7. The number of amides is 3. The van der Waals surface area contributed by atoms with E-state index in [0.717, 1.165) is 17.7 Å². The predicted octanol–water partition coefficient (Wildman–Crippen LogP) is 1.93. The summed E-state index contributed by atoms with van der Waals surface area (Å²) in [4.78, 5) is 23.5. The Kier molecular flexibility index (Phi) is 6.93. The Morgan fingerprint density at radius 2 is 2.04 bits per heavy atom. The minimum Gasteiger partial charge on any atom is -0.338 e. The van der Waals surface area contributed by atoms with E-state index in [9.17, 15) is 9.59 Å². The molecule has 0 saturated carbocycles. The van der Waals surface area contributed by atoms with Gasteiger partial charge in [0.2, 0.25) is 11.1 Å². The van der Waals surface area contributed by atoms with Crippen molar-refractivity contribution < 1.29 is 9.59 Å². The molecule has 0 saturated heterocycles. The van der Waals surface area contributed by atoms with Gasteiger partial charge in [0.15, 0.2) is 0 Å². The first-order valence-electron chi connectivity index (χ1n) is 8.02. The van der Waals surface area contributed by atoms with Crippen molar-refractivity contribution in [2.24, 2.45) is 5.92 Å². The lowest BCUT2D eigenvalue weighted by atomic mass is 10.1. The van der Waals surface area contributed by atoms with Crippen LogP contribution in [0.2, 0.25) is 0 Å². The Morgan fingerprint density at radius 3 is 2.76 bits per heavy atom. The molecular weight excluding hydrogens is 340 g/mol. The SMILES string of the molecule is Cc1ccccc1-n1nnnc1SCC(=O)NC(=O)NCCC(C)C. The van der Waals surface area contributed by atoms with Crippen molar-refractivity contribution >= 4 is 23.7 Å². The number of hydrogen-bond donors (Lipinski definition) is 2. The summed E-state index contributed by atoms with van der Waals surface area (Å²) >= 11 is 1.17. The third-order valence-electron chi connectivity index (χ3n) is 3.38. The quantitative estimate of drug-likeness (QED) is 0.730. The van der Waals surface area contributed by atoms with Crippen LogP contribution in [-0.4, -0.2) is 44.4 Å². The van der Waals surface area contributed by atoms with Crippen LogP contribution in [0.5, 0.6) is 0 Å². The molecule has 1 aromatic carbocycles. The van der Waals surface area contributed by atoms with E-state index in [1.54, 1.807) is 4.68 Å². The molecule has 2 rings (SSSR count). The van der Waals surface area contributed by atoms with Gasteiger partial charge in [-0.2, -0.15) is 4.68 Å². The highest BCUT2D eigenvalue weighted by Gasteiger charge is 2.14. The van der Waals surface area contributed by atoms with Crippen LogP contribution >= 0.6 is 11.8 Å². The number of benzene rings is 1. The van der Waals surface area contributed by atoms with Crippen molar-refractivity contribution in [3.05, 3.63) is 29.8 Å². The molecule has 9 heteroatoms. The number of nitrogens with one attached hydrogen (secondary N) is 2. The van der Waals surface area contributed by atoms with E-state index in [2.05, 4.69) is 40.0 Å². The molecule has 0 radical (unpaired) electrons. The minimum atomic E-state index is -0.482. The van der Waals surface area contributed by atoms with Crippen LogP contribution in [0, 0.1) is 12.8 Å². The largest absolute Gasteiger partial charge is 0.338 e. The summed E-state index contributed by atoms with van der Waals surface area (Å²) in [6.07, 6.45) is 0.863. The average Bonchev–Trinajstić information content (AvgIpc) is 3.01. The zero-order valence-corrected chi connectivity index (χ0v) is 15.3. The predicted molar refractivity (Wildman–Crippen MR) is 95.6 cm³/mol. The summed E-state index contributed by atoms with van der Waals surface area (Å²) < 4.78 is 1.58. The molecule has 134 valence electrons. The van der Waals surface area contributed by atoms with Crippen LogP contribution in [0.4, 0.5) is 4.79 Å². The molecule has 2 aromatic rings. The molecule has 0 aliphatic heterocycles. The summed E-state index contributed by atoms with van der Waals surface area (Å²) in [6, 6.07) is 7.20. The van der Waals surface area contributed by atoms with Gasteiger partial charge >= 0.3 is 6.03 Å². The van der Waals surface area contributed by atoms with Gasteiger partial charge in [0, 0.05) is 6.54 Å². The fraction of sp³-hybridized carbons (Fsp3) is 0.438. The number of carbonyl (C=O) groups excluding carboxylic acids is 2. The van der Waals surface area contributed by atoms with Crippen molar-refractivity contribution in [2.45, 2.75) is 32.3 Å². The molecule has 0 unspecified atom stereocenters. The monoisotopic (exact) mass is 362 g/mol. The summed E-state index contributed by atoms with van der Waals surface area (Å²) in [7, 11) is 0. The van der Waals surface area contributed by atoms with Gasteiger partial charge < -0.3 is 5.32 Å². The molecule has 8 nitrogen and oxygen atoms in total.